The van der Waals surface area contributed by atoms with Gasteiger partial charge in [-0.3, -0.25) is 0 Å². The van der Waals surface area contributed by atoms with E-state index in [2.05, 4.69) is 15.5 Å². The van der Waals surface area contributed by atoms with Crippen LogP contribution >= 0.6 is 0 Å². The predicted octanol–water partition coefficient (Wildman–Crippen LogP) is 1.84. The minimum atomic E-state index is -3.04. The summed E-state index contributed by atoms with van der Waals surface area (Å²) < 4.78 is 22.5. The van der Waals surface area contributed by atoms with Gasteiger partial charge in [-0.2, -0.15) is 0 Å². The molecule has 2 amide bonds. The predicted molar refractivity (Wildman–Crippen MR) is 92.3 cm³/mol. The Morgan fingerprint density at radius 2 is 1.78 bits per heavy atom. The van der Waals surface area contributed by atoms with Crippen LogP contribution in [0, 0.1) is 0 Å². The summed E-state index contributed by atoms with van der Waals surface area (Å²) in [5, 5.41) is 5.60. The molecule has 1 saturated heterocycles. The summed E-state index contributed by atoms with van der Waals surface area (Å²) in [7, 11) is -3.04. The first-order valence-electron chi connectivity index (χ1n) is 7.96. The van der Waals surface area contributed by atoms with Gasteiger partial charge in [-0.05, 0) is 43.6 Å². The first-order valence-corrected chi connectivity index (χ1v) is 10.0. The van der Waals surface area contributed by atoms with Crippen LogP contribution in [0.2, 0.25) is 0 Å². The molecule has 0 aliphatic carbocycles. The molecular weight excluding hydrogens is 314 g/mol. The van der Waals surface area contributed by atoms with E-state index in [1.165, 1.54) is 25.5 Å². The zero-order valence-corrected chi connectivity index (χ0v) is 14.4. The van der Waals surface area contributed by atoms with Crippen molar-refractivity contribution in [2.24, 2.45) is 0 Å². The number of hydrogen-bond acceptors (Lipinski definition) is 4. The summed E-state index contributed by atoms with van der Waals surface area (Å²) in [6.45, 7) is 3.73. The van der Waals surface area contributed by atoms with Gasteiger partial charge in [0.2, 0.25) is 0 Å². The molecule has 0 aromatic heterocycles. The van der Waals surface area contributed by atoms with E-state index in [0.29, 0.717) is 17.8 Å². The first-order chi connectivity index (χ1) is 10.9. The molecule has 0 saturated carbocycles. The zero-order valence-electron chi connectivity index (χ0n) is 13.5. The number of benzene rings is 1. The molecule has 128 valence electrons. The normalized spacial score (nSPS) is 16.0. The van der Waals surface area contributed by atoms with Gasteiger partial charge >= 0.3 is 6.03 Å². The summed E-state index contributed by atoms with van der Waals surface area (Å²) in [5.74, 6) is 0.00924. The Bertz CT molecular complexity index is 608. The van der Waals surface area contributed by atoms with Crippen LogP contribution in [-0.4, -0.2) is 51.8 Å². The monoisotopic (exact) mass is 339 g/mol. The van der Waals surface area contributed by atoms with Gasteiger partial charge in [0.15, 0.2) is 9.84 Å². The molecule has 1 aliphatic heterocycles. The van der Waals surface area contributed by atoms with Crippen LogP contribution in [0.3, 0.4) is 0 Å². The molecule has 2 N–H and O–H groups in total. The van der Waals surface area contributed by atoms with E-state index in [9.17, 15) is 13.2 Å². The van der Waals surface area contributed by atoms with Gasteiger partial charge in [-0.15, -0.1) is 0 Å². The number of sulfone groups is 1. The summed E-state index contributed by atoms with van der Waals surface area (Å²) in [6.07, 6.45) is 4.99. The number of carbonyl (C=O) groups is 1. The standard InChI is InChI=1S/C16H25N3O3S/c1-23(21,22)13-14-5-7-15(8-6-14)18-16(20)17-9-12-19-10-3-2-4-11-19/h5-8H,2-4,9-13H2,1H3,(H2,17,18,20). The number of carbonyl (C=O) groups excluding carboxylic acids is 1. The second kappa shape index (κ2) is 8.31. The third-order valence-electron chi connectivity index (χ3n) is 3.80. The molecule has 1 aromatic rings. The first kappa shape index (κ1) is 17.7. The number of urea groups is 1. The van der Waals surface area contributed by atoms with E-state index in [1.54, 1.807) is 24.3 Å². The number of piperidine rings is 1. The quantitative estimate of drug-likeness (QED) is 0.829. The molecule has 0 spiro atoms. The van der Waals surface area contributed by atoms with Gasteiger partial charge in [-0.1, -0.05) is 18.6 Å². The molecule has 1 heterocycles. The van der Waals surface area contributed by atoms with E-state index in [-0.39, 0.29) is 11.8 Å². The highest BCUT2D eigenvalue weighted by Gasteiger charge is 2.10. The van der Waals surface area contributed by atoms with Gasteiger partial charge in [0.25, 0.3) is 0 Å². The average molecular weight is 339 g/mol. The fourth-order valence-electron chi connectivity index (χ4n) is 2.67. The molecule has 1 aromatic carbocycles. The largest absolute Gasteiger partial charge is 0.337 e. The molecule has 1 aliphatic rings. The lowest BCUT2D eigenvalue weighted by Gasteiger charge is -2.26. The molecular formula is C16H25N3O3S. The third kappa shape index (κ3) is 7.00. The third-order valence-corrected chi connectivity index (χ3v) is 4.66. The lowest BCUT2D eigenvalue weighted by atomic mass is 10.1. The lowest BCUT2D eigenvalue weighted by molar-refractivity contribution is 0.224. The van der Waals surface area contributed by atoms with Crippen LogP contribution in [0.5, 0.6) is 0 Å². The molecule has 1 fully saturated rings. The number of anilines is 1. The van der Waals surface area contributed by atoms with Crippen LogP contribution in [0.4, 0.5) is 10.5 Å². The topological polar surface area (TPSA) is 78.5 Å². The van der Waals surface area contributed by atoms with E-state index in [1.807, 2.05) is 0 Å². The maximum Gasteiger partial charge on any atom is 0.319 e. The highest BCUT2D eigenvalue weighted by atomic mass is 32.2. The molecule has 6 nitrogen and oxygen atoms in total. The Morgan fingerprint density at radius 1 is 1.13 bits per heavy atom. The summed E-state index contributed by atoms with van der Waals surface area (Å²) in [6, 6.07) is 6.61. The number of amides is 2. The molecule has 0 unspecified atom stereocenters. The van der Waals surface area contributed by atoms with Crippen molar-refractivity contribution in [2.75, 3.05) is 37.8 Å². The van der Waals surface area contributed by atoms with Crippen LogP contribution in [0.15, 0.2) is 24.3 Å². The van der Waals surface area contributed by atoms with Crippen molar-refractivity contribution in [3.8, 4) is 0 Å². The number of nitrogens with one attached hydrogen (secondary N) is 2. The fourth-order valence-corrected chi connectivity index (χ4v) is 3.47. The van der Waals surface area contributed by atoms with Crippen LogP contribution < -0.4 is 10.6 Å². The molecule has 0 atom stereocenters. The van der Waals surface area contributed by atoms with Gasteiger partial charge in [-0.25, -0.2) is 13.2 Å². The Morgan fingerprint density at radius 3 is 2.39 bits per heavy atom. The van der Waals surface area contributed by atoms with Gasteiger partial charge < -0.3 is 15.5 Å². The lowest BCUT2D eigenvalue weighted by Crippen LogP contribution is -2.39. The van der Waals surface area contributed by atoms with E-state index in [4.69, 9.17) is 0 Å². The highest BCUT2D eigenvalue weighted by molar-refractivity contribution is 7.89. The maximum atomic E-state index is 11.8. The second-order valence-corrected chi connectivity index (χ2v) is 8.19. The van der Waals surface area contributed by atoms with E-state index >= 15 is 0 Å². The minimum absolute atomic E-state index is 0.00924. The number of nitrogens with zero attached hydrogens (tertiary/aromatic N) is 1. The Balaban J connectivity index is 1.72. The van der Waals surface area contributed by atoms with Crippen molar-refractivity contribution in [3.05, 3.63) is 29.8 Å². The molecule has 0 radical (unpaired) electrons. The highest BCUT2D eigenvalue weighted by Crippen LogP contribution is 2.11. The molecule has 23 heavy (non-hydrogen) atoms. The van der Waals surface area contributed by atoms with Crippen LogP contribution in [0.1, 0.15) is 24.8 Å². The SMILES string of the molecule is CS(=O)(=O)Cc1ccc(NC(=O)NCCN2CCCCC2)cc1. The number of likely N-dealkylation sites (tertiary alicyclic amines) is 1. The van der Waals surface area contributed by atoms with Crippen molar-refractivity contribution >= 4 is 21.6 Å². The summed E-state index contributed by atoms with van der Waals surface area (Å²) in [4.78, 5) is 14.2. The van der Waals surface area contributed by atoms with E-state index in [0.717, 1.165) is 19.6 Å². The van der Waals surface area contributed by atoms with Crippen molar-refractivity contribution in [2.45, 2.75) is 25.0 Å². The Hall–Kier alpha value is -1.60. The van der Waals surface area contributed by atoms with Crippen LogP contribution in [-0.2, 0) is 15.6 Å². The summed E-state index contributed by atoms with van der Waals surface area (Å²) >= 11 is 0. The van der Waals surface area contributed by atoms with Crippen molar-refractivity contribution in [1.29, 1.82) is 0 Å². The molecule has 2 rings (SSSR count). The van der Waals surface area contributed by atoms with Crippen molar-refractivity contribution in [1.82, 2.24) is 10.2 Å². The summed E-state index contributed by atoms with van der Waals surface area (Å²) in [5.41, 5.74) is 1.36. The van der Waals surface area contributed by atoms with Gasteiger partial charge in [0.1, 0.15) is 0 Å². The fraction of sp³-hybridized carbons (Fsp3) is 0.562. The van der Waals surface area contributed by atoms with Gasteiger partial charge in [0, 0.05) is 25.0 Å². The smallest absolute Gasteiger partial charge is 0.319 e. The van der Waals surface area contributed by atoms with E-state index < -0.39 is 9.84 Å². The van der Waals surface area contributed by atoms with Gasteiger partial charge in [0.05, 0.1) is 5.75 Å². The van der Waals surface area contributed by atoms with Crippen molar-refractivity contribution < 1.29 is 13.2 Å². The van der Waals surface area contributed by atoms with Crippen molar-refractivity contribution in [3.63, 3.8) is 0 Å². The zero-order chi connectivity index (χ0) is 16.7. The average Bonchev–Trinajstić information content (AvgIpc) is 2.49. The number of hydrogen-bond donors (Lipinski definition) is 2. The molecule has 0 bridgehead atoms. The van der Waals surface area contributed by atoms with Crippen LogP contribution in [0.25, 0.3) is 0 Å². The minimum Gasteiger partial charge on any atom is -0.337 e. The number of rotatable bonds is 6. The molecule has 7 heteroatoms. The Kier molecular flexibility index (Phi) is 6.41. The Labute approximate surface area is 138 Å². The second-order valence-electron chi connectivity index (χ2n) is 6.05. The maximum absolute atomic E-state index is 11.8.